The van der Waals surface area contributed by atoms with Crippen molar-refractivity contribution in [1.82, 2.24) is 14.8 Å². The molecule has 1 aromatic heterocycles. The molecule has 2 aromatic rings. The lowest BCUT2D eigenvalue weighted by molar-refractivity contribution is 0.415. The summed E-state index contributed by atoms with van der Waals surface area (Å²) in [7, 11) is 3.54. The minimum absolute atomic E-state index is 0.643. The van der Waals surface area contributed by atoms with E-state index in [2.05, 4.69) is 22.3 Å². The van der Waals surface area contributed by atoms with Crippen LogP contribution in [0.25, 0.3) is 0 Å². The molecule has 5 heteroatoms. The first-order chi connectivity index (χ1) is 8.20. The van der Waals surface area contributed by atoms with Gasteiger partial charge in [0.1, 0.15) is 17.9 Å². The van der Waals surface area contributed by atoms with Gasteiger partial charge in [-0.2, -0.15) is 5.10 Å². The van der Waals surface area contributed by atoms with Crippen molar-refractivity contribution in [3.63, 3.8) is 0 Å². The van der Waals surface area contributed by atoms with Crippen LogP contribution in [0.2, 0.25) is 0 Å². The molecule has 0 aliphatic rings. The molecule has 2 rings (SSSR count). The third-order valence-corrected chi connectivity index (χ3v) is 2.69. The molecule has 0 saturated carbocycles. The van der Waals surface area contributed by atoms with Gasteiger partial charge in [-0.15, -0.1) is 0 Å². The van der Waals surface area contributed by atoms with Gasteiger partial charge < -0.3 is 10.1 Å². The highest BCUT2D eigenvalue weighted by atomic mass is 16.5. The summed E-state index contributed by atoms with van der Waals surface area (Å²) in [5.74, 6) is 1.74. The molecule has 0 amide bonds. The average molecular weight is 232 g/mol. The van der Waals surface area contributed by atoms with E-state index in [9.17, 15) is 0 Å². The Hall–Kier alpha value is -2.04. The molecule has 17 heavy (non-hydrogen) atoms. The molecule has 1 N–H and O–H groups in total. The Kier molecular flexibility index (Phi) is 3.27. The van der Waals surface area contributed by atoms with Gasteiger partial charge in [0.05, 0.1) is 13.7 Å². The standard InChI is InChI=1S/C12H16N4O/c1-9-4-5-10(17-3)6-11(9)13-7-12-14-8-15-16(12)2/h4-6,8,13H,7H2,1-3H3. The van der Waals surface area contributed by atoms with Crippen LogP contribution in [-0.2, 0) is 13.6 Å². The van der Waals surface area contributed by atoms with Gasteiger partial charge in [-0.05, 0) is 18.6 Å². The van der Waals surface area contributed by atoms with Crippen LogP contribution in [0.15, 0.2) is 24.5 Å². The third-order valence-electron chi connectivity index (χ3n) is 2.69. The fraction of sp³-hybridized carbons (Fsp3) is 0.333. The Bertz CT molecular complexity index is 507. The predicted molar refractivity (Wildman–Crippen MR) is 66.1 cm³/mol. The van der Waals surface area contributed by atoms with Crippen LogP contribution in [0.3, 0.4) is 0 Å². The number of anilines is 1. The van der Waals surface area contributed by atoms with Gasteiger partial charge >= 0.3 is 0 Å². The lowest BCUT2D eigenvalue weighted by atomic mass is 10.2. The van der Waals surface area contributed by atoms with E-state index < -0.39 is 0 Å². The fourth-order valence-electron chi connectivity index (χ4n) is 1.57. The smallest absolute Gasteiger partial charge is 0.145 e. The maximum absolute atomic E-state index is 5.20. The lowest BCUT2D eigenvalue weighted by Gasteiger charge is -2.10. The van der Waals surface area contributed by atoms with Gasteiger partial charge in [0.15, 0.2) is 0 Å². The SMILES string of the molecule is COc1ccc(C)c(NCc2ncnn2C)c1. The number of hydrogen-bond donors (Lipinski definition) is 1. The minimum atomic E-state index is 0.643. The van der Waals surface area contributed by atoms with E-state index in [1.807, 2.05) is 25.2 Å². The van der Waals surface area contributed by atoms with Gasteiger partial charge in [-0.1, -0.05) is 6.07 Å². The van der Waals surface area contributed by atoms with Crippen LogP contribution in [0.1, 0.15) is 11.4 Å². The van der Waals surface area contributed by atoms with Crippen molar-refractivity contribution in [2.75, 3.05) is 12.4 Å². The molecular formula is C12H16N4O. The summed E-state index contributed by atoms with van der Waals surface area (Å²) in [5.41, 5.74) is 2.22. The highest BCUT2D eigenvalue weighted by molar-refractivity contribution is 5.54. The first-order valence-electron chi connectivity index (χ1n) is 5.42. The van der Waals surface area contributed by atoms with Crippen molar-refractivity contribution in [2.24, 2.45) is 7.05 Å². The van der Waals surface area contributed by atoms with E-state index in [-0.39, 0.29) is 0 Å². The fourth-order valence-corrected chi connectivity index (χ4v) is 1.57. The highest BCUT2D eigenvalue weighted by Crippen LogP contribution is 2.21. The molecule has 0 spiro atoms. The molecule has 5 nitrogen and oxygen atoms in total. The van der Waals surface area contributed by atoms with Crippen LogP contribution in [0, 0.1) is 6.92 Å². The molecule has 0 aliphatic heterocycles. The zero-order valence-corrected chi connectivity index (χ0v) is 10.3. The van der Waals surface area contributed by atoms with Crippen molar-refractivity contribution in [3.8, 4) is 5.75 Å². The van der Waals surface area contributed by atoms with Crippen molar-refractivity contribution >= 4 is 5.69 Å². The molecule has 0 aliphatic carbocycles. The van der Waals surface area contributed by atoms with Crippen LogP contribution < -0.4 is 10.1 Å². The number of benzene rings is 1. The molecule has 0 bridgehead atoms. The molecule has 0 unspecified atom stereocenters. The largest absolute Gasteiger partial charge is 0.497 e. The summed E-state index contributed by atoms with van der Waals surface area (Å²) in [5, 5.41) is 7.35. The number of aromatic nitrogens is 3. The van der Waals surface area contributed by atoms with E-state index in [1.165, 1.54) is 5.56 Å². The summed E-state index contributed by atoms with van der Waals surface area (Å²) >= 11 is 0. The van der Waals surface area contributed by atoms with Crippen LogP contribution in [-0.4, -0.2) is 21.9 Å². The Morgan fingerprint density at radius 3 is 2.88 bits per heavy atom. The Morgan fingerprint density at radius 1 is 1.41 bits per heavy atom. The highest BCUT2D eigenvalue weighted by Gasteiger charge is 2.03. The van der Waals surface area contributed by atoms with Crippen molar-refractivity contribution in [2.45, 2.75) is 13.5 Å². The monoisotopic (exact) mass is 232 g/mol. The number of methoxy groups -OCH3 is 1. The average Bonchev–Trinajstić information content (AvgIpc) is 2.74. The molecule has 0 radical (unpaired) electrons. The van der Waals surface area contributed by atoms with Gasteiger partial charge in [0, 0.05) is 18.8 Å². The molecule has 1 heterocycles. The summed E-state index contributed by atoms with van der Waals surface area (Å²) < 4.78 is 6.95. The molecule has 0 saturated heterocycles. The molecule has 0 fully saturated rings. The number of hydrogen-bond acceptors (Lipinski definition) is 4. The summed E-state index contributed by atoms with van der Waals surface area (Å²) in [4.78, 5) is 4.16. The topological polar surface area (TPSA) is 52.0 Å². The van der Waals surface area contributed by atoms with Gasteiger partial charge in [0.25, 0.3) is 0 Å². The predicted octanol–water partition coefficient (Wildman–Crippen LogP) is 1.74. The second-order valence-corrected chi connectivity index (χ2v) is 3.83. The summed E-state index contributed by atoms with van der Waals surface area (Å²) in [6.07, 6.45) is 1.55. The van der Waals surface area contributed by atoms with E-state index in [0.717, 1.165) is 17.3 Å². The van der Waals surface area contributed by atoms with Crippen molar-refractivity contribution in [3.05, 3.63) is 35.9 Å². The summed E-state index contributed by atoms with van der Waals surface area (Å²) in [6, 6.07) is 5.95. The second kappa shape index (κ2) is 4.86. The molecule has 0 atom stereocenters. The Morgan fingerprint density at radius 2 is 2.24 bits per heavy atom. The molecule has 1 aromatic carbocycles. The van der Waals surface area contributed by atoms with Crippen molar-refractivity contribution in [1.29, 1.82) is 0 Å². The third kappa shape index (κ3) is 2.55. The molecular weight excluding hydrogens is 216 g/mol. The molecule has 90 valence electrons. The number of nitrogens with one attached hydrogen (secondary N) is 1. The number of nitrogens with zero attached hydrogens (tertiary/aromatic N) is 3. The van der Waals surface area contributed by atoms with Crippen molar-refractivity contribution < 1.29 is 4.74 Å². The normalized spacial score (nSPS) is 10.3. The van der Waals surface area contributed by atoms with Crippen LogP contribution in [0.5, 0.6) is 5.75 Å². The zero-order valence-electron chi connectivity index (χ0n) is 10.3. The Balaban J connectivity index is 2.11. The number of rotatable bonds is 4. The van der Waals surface area contributed by atoms with E-state index >= 15 is 0 Å². The van der Waals surface area contributed by atoms with Gasteiger partial charge in [-0.3, -0.25) is 4.68 Å². The first-order valence-corrected chi connectivity index (χ1v) is 5.42. The van der Waals surface area contributed by atoms with E-state index in [1.54, 1.807) is 18.1 Å². The van der Waals surface area contributed by atoms with E-state index in [0.29, 0.717) is 6.54 Å². The maximum atomic E-state index is 5.20. The quantitative estimate of drug-likeness (QED) is 0.872. The maximum Gasteiger partial charge on any atom is 0.145 e. The van der Waals surface area contributed by atoms with Crippen LogP contribution in [0.4, 0.5) is 5.69 Å². The summed E-state index contributed by atoms with van der Waals surface area (Å²) in [6.45, 7) is 2.70. The number of ether oxygens (including phenoxy) is 1. The lowest BCUT2D eigenvalue weighted by Crippen LogP contribution is -2.07. The minimum Gasteiger partial charge on any atom is -0.497 e. The first kappa shape index (κ1) is 11.4. The number of aryl methyl sites for hydroxylation is 2. The second-order valence-electron chi connectivity index (χ2n) is 3.83. The van der Waals surface area contributed by atoms with Gasteiger partial charge in [0.2, 0.25) is 0 Å². The Labute approximate surface area is 100 Å². The van der Waals surface area contributed by atoms with E-state index in [4.69, 9.17) is 4.74 Å². The zero-order chi connectivity index (χ0) is 12.3. The van der Waals surface area contributed by atoms with Crippen LogP contribution >= 0.6 is 0 Å². The van der Waals surface area contributed by atoms with Gasteiger partial charge in [-0.25, -0.2) is 4.98 Å².